The van der Waals surface area contributed by atoms with Crippen molar-refractivity contribution in [3.63, 3.8) is 0 Å². The quantitative estimate of drug-likeness (QED) is 0.665. The Kier molecular flexibility index (Phi) is 5.11. The highest BCUT2D eigenvalue weighted by molar-refractivity contribution is 5.10. The molecule has 0 rings (SSSR count). The number of rotatable bonds is 5. The van der Waals surface area contributed by atoms with E-state index >= 15 is 0 Å². The molecule has 0 aliphatic carbocycles. The lowest BCUT2D eigenvalue weighted by Crippen LogP contribution is -2.31. The van der Waals surface area contributed by atoms with Crippen LogP contribution >= 0.6 is 0 Å². The van der Waals surface area contributed by atoms with E-state index in [1.54, 1.807) is 6.92 Å². The predicted octanol–water partition coefficient (Wildman–Crippen LogP) is 3.46. The zero-order valence-corrected chi connectivity index (χ0v) is 10.8. The standard InChI is InChI=1S/C12H20N4/c1-6-11(5,8-13)15-16-12(7-2,9-14)10(3)4/h10H,6-7H2,1-5H3. The van der Waals surface area contributed by atoms with Gasteiger partial charge in [0.1, 0.15) is 0 Å². The summed E-state index contributed by atoms with van der Waals surface area (Å²) in [5, 5.41) is 26.4. The summed E-state index contributed by atoms with van der Waals surface area (Å²) in [7, 11) is 0. The normalized spacial score (nSPS) is 18.8. The molecule has 0 bridgehead atoms. The molecule has 0 spiro atoms. The van der Waals surface area contributed by atoms with Crippen molar-refractivity contribution in [2.45, 2.75) is 58.5 Å². The number of nitrogens with zero attached hydrogens (tertiary/aromatic N) is 4. The molecule has 0 saturated heterocycles. The fraction of sp³-hybridized carbons (Fsp3) is 0.833. The van der Waals surface area contributed by atoms with Gasteiger partial charge in [-0.3, -0.25) is 0 Å². The lowest BCUT2D eigenvalue weighted by molar-refractivity contribution is 0.352. The third-order valence-electron chi connectivity index (χ3n) is 3.07. The first-order valence-electron chi connectivity index (χ1n) is 5.66. The number of hydrogen-bond donors (Lipinski definition) is 0. The molecule has 0 aromatic heterocycles. The van der Waals surface area contributed by atoms with Crippen molar-refractivity contribution in [2.24, 2.45) is 16.1 Å². The Labute approximate surface area is 98.0 Å². The van der Waals surface area contributed by atoms with Crippen LogP contribution in [-0.2, 0) is 0 Å². The van der Waals surface area contributed by atoms with Gasteiger partial charge in [0.05, 0.1) is 12.1 Å². The van der Waals surface area contributed by atoms with Crippen LogP contribution in [0.4, 0.5) is 0 Å². The van der Waals surface area contributed by atoms with Crippen LogP contribution in [-0.4, -0.2) is 11.1 Å². The van der Waals surface area contributed by atoms with E-state index in [-0.39, 0.29) is 5.92 Å². The van der Waals surface area contributed by atoms with E-state index in [0.29, 0.717) is 12.8 Å². The lowest BCUT2D eigenvalue weighted by atomic mass is 9.86. The molecular formula is C12H20N4. The molecule has 0 aliphatic heterocycles. The van der Waals surface area contributed by atoms with Crippen LogP contribution in [0.15, 0.2) is 10.2 Å². The highest BCUT2D eigenvalue weighted by Crippen LogP contribution is 2.27. The van der Waals surface area contributed by atoms with Crippen molar-refractivity contribution in [1.82, 2.24) is 0 Å². The van der Waals surface area contributed by atoms with Crippen LogP contribution in [0.25, 0.3) is 0 Å². The molecule has 2 atom stereocenters. The maximum absolute atomic E-state index is 9.20. The van der Waals surface area contributed by atoms with Gasteiger partial charge in [-0.1, -0.05) is 27.7 Å². The van der Waals surface area contributed by atoms with Gasteiger partial charge in [-0.15, -0.1) is 0 Å². The molecule has 88 valence electrons. The zero-order valence-electron chi connectivity index (χ0n) is 10.8. The van der Waals surface area contributed by atoms with E-state index in [9.17, 15) is 5.26 Å². The molecule has 16 heavy (non-hydrogen) atoms. The van der Waals surface area contributed by atoms with Crippen molar-refractivity contribution < 1.29 is 0 Å². The molecule has 0 heterocycles. The van der Waals surface area contributed by atoms with E-state index < -0.39 is 11.1 Å². The Morgan fingerprint density at radius 1 is 1.06 bits per heavy atom. The average Bonchev–Trinajstić information content (AvgIpc) is 2.30. The molecule has 4 nitrogen and oxygen atoms in total. The number of nitriles is 2. The molecular weight excluding hydrogens is 200 g/mol. The van der Waals surface area contributed by atoms with Crippen LogP contribution in [0.1, 0.15) is 47.5 Å². The first kappa shape index (κ1) is 14.6. The molecule has 0 amide bonds. The van der Waals surface area contributed by atoms with Crippen molar-refractivity contribution in [1.29, 1.82) is 10.5 Å². The fourth-order valence-electron chi connectivity index (χ4n) is 1.20. The molecule has 0 fully saturated rings. The Hall–Kier alpha value is -1.42. The third-order valence-corrected chi connectivity index (χ3v) is 3.07. The monoisotopic (exact) mass is 220 g/mol. The molecule has 0 aromatic rings. The van der Waals surface area contributed by atoms with Crippen molar-refractivity contribution in [3.05, 3.63) is 0 Å². The summed E-state index contributed by atoms with van der Waals surface area (Å²) in [4.78, 5) is 0. The van der Waals surface area contributed by atoms with E-state index in [1.807, 2.05) is 27.7 Å². The van der Waals surface area contributed by atoms with Crippen LogP contribution in [0.3, 0.4) is 0 Å². The topological polar surface area (TPSA) is 72.3 Å². The van der Waals surface area contributed by atoms with Crippen LogP contribution in [0.5, 0.6) is 0 Å². The van der Waals surface area contributed by atoms with E-state index in [2.05, 4.69) is 22.4 Å². The zero-order chi connectivity index (χ0) is 12.8. The summed E-state index contributed by atoms with van der Waals surface area (Å²) >= 11 is 0. The SMILES string of the molecule is CCC(C)(C#N)N=NC(C#N)(CC)C(C)C. The summed E-state index contributed by atoms with van der Waals surface area (Å²) < 4.78 is 0. The largest absolute Gasteiger partial charge is 0.196 e. The fourth-order valence-corrected chi connectivity index (χ4v) is 1.20. The van der Waals surface area contributed by atoms with Crippen LogP contribution in [0.2, 0.25) is 0 Å². The molecule has 4 heteroatoms. The molecule has 2 unspecified atom stereocenters. The maximum atomic E-state index is 9.20. The van der Waals surface area contributed by atoms with Crippen molar-refractivity contribution >= 4 is 0 Å². The van der Waals surface area contributed by atoms with Gasteiger partial charge in [0.25, 0.3) is 0 Å². The molecule has 0 aromatic carbocycles. The number of azo groups is 1. The minimum Gasteiger partial charge on any atom is -0.196 e. The summed E-state index contributed by atoms with van der Waals surface area (Å²) in [5.41, 5.74) is -1.61. The van der Waals surface area contributed by atoms with E-state index in [1.165, 1.54) is 0 Å². The van der Waals surface area contributed by atoms with Gasteiger partial charge in [-0.05, 0) is 25.7 Å². The van der Waals surface area contributed by atoms with Gasteiger partial charge in [0.15, 0.2) is 11.1 Å². The second kappa shape index (κ2) is 5.61. The minimum absolute atomic E-state index is 0.0889. The molecule has 0 N–H and O–H groups in total. The van der Waals surface area contributed by atoms with Gasteiger partial charge in [0.2, 0.25) is 0 Å². The lowest BCUT2D eigenvalue weighted by Gasteiger charge is -2.24. The molecule has 0 saturated carbocycles. The second-order valence-corrected chi connectivity index (χ2v) is 4.48. The van der Waals surface area contributed by atoms with Gasteiger partial charge >= 0.3 is 0 Å². The third kappa shape index (κ3) is 3.03. The second-order valence-electron chi connectivity index (χ2n) is 4.48. The van der Waals surface area contributed by atoms with E-state index in [4.69, 9.17) is 5.26 Å². The Morgan fingerprint density at radius 3 is 1.88 bits per heavy atom. The first-order valence-corrected chi connectivity index (χ1v) is 5.66. The Bertz CT molecular complexity index is 334. The first-order chi connectivity index (χ1) is 7.39. The summed E-state index contributed by atoms with van der Waals surface area (Å²) in [5.74, 6) is 0.0889. The average molecular weight is 220 g/mol. The van der Waals surface area contributed by atoms with Gasteiger partial charge < -0.3 is 0 Å². The number of hydrogen-bond acceptors (Lipinski definition) is 4. The van der Waals surface area contributed by atoms with Gasteiger partial charge in [-0.2, -0.15) is 20.8 Å². The van der Waals surface area contributed by atoms with Gasteiger partial charge in [0, 0.05) is 0 Å². The van der Waals surface area contributed by atoms with Gasteiger partial charge in [-0.25, -0.2) is 0 Å². The summed E-state index contributed by atoms with van der Waals surface area (Å²) in [6.45, 7) is 9.42. The summed E-state index contributed by atoms with van der Waals surface area (Å²) in [6, 6.07) is 4.33. The Balaban J connectivity index is 5.14. The van der Waals surface area contributed by atoms with Crippen molar-refractivity contribution in [2.75, 3.05) is 0 Å². The molecule has 0 aliphatic rings. The van der Waals surface area contributed by atoms with Crippen molar-refractivity contribution in [3.8, 4) is 12.1 Å². The predicted molar refractivity (Wildman–Crippen MR) is 62.6 cm³/mol. The molecule has 0 radical (unpaired) electrons. The van der Waals surface area contributed by atoms with Crippen LogP contribution < -0.4 is 0 Å². The smallest absolute Gasteiger partial charge is 0.169 e. The Morgan fingerprint density at radius 2 is 1.62 bits per heavy atom. The van der Waals surface area contributed by atoms with Crippen LogP contribution in [0, 0.1) is 28.6 Å². The van der Waals surface area contributed by atoms with E-state index in [0.717, 1.165) is 0 Å². The summed E-state index contributed by atoms with van der Waals surface area (Å²) in [6.07, 6.45) is 1.20. The highest BCUT2D eigenvalue weighted by atomic mass is 15.2. The minimum atomic E-state index is -0.813. The maximum Gasteiger partial charge on any atom is 0.169 e. The highest BCUT2D eigenvalue weighted by Gasteiger charge is 2.33.